The van der Waals surface area contributed by atoms with Crippen LogP contribution < -0.4 is 5.32 Å². The van der Waals surface area contributed by atoms with Crippen molar-refractivity contribution < 1.29 is 18.0 Å². The summed E-state index contributed by atoms with van der Waals surface area (Å²) in [4.78, 5) is 28.1. The van der Waals surface area contributed by atoms with Crippen LogP contribution in [0.15, 0.2) is 71.6 Å². The average molecular weight is 481 g/mol. The number of nitrogens with zero attached hydrogens (tertiary/aromatic N) is 3. The summed E-state index contributed by atoms with van der Waals surface area (Å²) in [5.74, 6) is -0.185. The van der Waals surface area contributed by atoms with Crippen LogP contribution in [0, 0.1) is 0 Å². The highest BCUT2D eigenvalue weighted by molar-refractivity contribution is 7.89. The van der Waals surface area contributed by atoms with E-state index < -0.39 is 10.0 Å². The largest absolute Gasteiger partial charge is 0.376 e. The summed E-state index contributed by atoms with van der Waals surface area (Å²) in [5.41, 5.74) is 1.31. The number of nitrogens with one attached hydrogen (secondary N) is 1. The number of rotatable bonds is 6. The van der Waals surface area contributed by atoms with Crippen LogP contribution in [0.5, 0.6) is 0 Å². The maximum atomic E-state index is 13.1. The Hall–Kier alpha value is -3.43. The molecule has 0 atom stereocenters. The van der Waals surface area contributed by atoms with Crippen molar-refractivity contribution in [3.8, 4) is 0 Å². The molecule has 0 saturated carbocycles. The Morgan fingerprint density at radius 1 is 0.882 bits per heavy atom. The second kappa shape index (κ2) is 9.82. The van der Waals surface area contributed by atoms with Gasteiger partial charge in [-0.2, -0.15) is 4.31 Å². The number of anilines is 1. The molecule has 1 N–H and O–H groups in total. The topological polar surface area (TPSA) is 90.0 Å². The summed E-state index contributed by atoms with van der Waals surface area (Å²) in [6.45, 7) is 1.27. The van der Waals surface area contributed by atoms with Crippen molar-refractivity contribution in [3.05, 3.63) is 72.3 Å². The van der Waals surface area contributed by atoms with E-state index in [0.29, 0.717) is 18.7 Å². The van der Waals surface area contributed by atoms with Gasteiger partial charge in [0.2, 0.25) is 15.9 Å². The maximum absolute atomic E-state index is 13.1. The Bertz CT molecular complexity index is 1300. The lowest BCUT2D eigenvalue weighted by Gasteiger charge is -2.34. The molecular weight excluding hydrogens is 452 g/mol. The van der Waals surface area contributed by atoms with Gasteiger partial charge in [0.15, 0.2) is 0 Å². The lowest BCUT2D eigenvalue weighted by molar-refractivity contribution is -0.130. The molecule has 0 radical (unpaired) electrons. The second-order valence-corrected chi connectivity index (χ2v) is 10.4. The second-order valence-electron chi connectivity index (χ2n) is 8.42. The molecule has 1 fully saturated rings. The molecular formula is C25H28N4O4S. The van der Waals surface area contributed by atoms with E-state index in [2.05, 4.69) is 5.32 Å². The fourth-order valence-corrected chi connectivity index (χ4v) is 5.39. The van der Waals surface area contributed by atoms with Gasteiger partial charge in [0.05, 0.1) is 11.4 Å². The third-order valence-electron chi connectivity index (χ3n) is 5.93. The first-order chi connectivity index (χ1) is 16.3. The van der Waals surface area contributed by atoms with Crippen molar-refractivity contribution in [2.24, 2.45) is 0 Å². The summed E-state index contributed by atoms with van der Waals surface area (Å²) in [6.07, 6.45) is 0. The molecule has 34 heavy (non-hydrogen) atoms. The minimum atomic E-state index is -3.63. The highest BCUT2D eigenvalue weighted by atomic mass is 32.2. The first kappa shape index (κ1) is 23.7. The van der Waals surface area contributed by atoms with Crippen LogP contribution >= 0.6 is 0 Å². The average Bonchev–Trinajstić information content (AvgIpc) is 2.86. The third-order valence-corrected chi connectivity index (χ3v) is 7.83. The quantitative estimate of drug-likeness (QED) is 0.586. The smallest absolute Gasteiger partial charge is 0.253 e. The SMILES string of the molecule is CN(C)C(=O)c1ccc(NCC(=O)N2CCN(S(=O)(=O)c3ccc4ccccc4c3)CC2)cc1. The van der Waals surface area contributed by atoms with E-state index in [1.807, 2.05) is 30.3 Å². The van der Waals surface area contributed by atoms with Gasteiger partial charge < -0.3 is 15.1 Å². The number of benzene rings is 3. The maximum Gasteiger partial charge on any atom is 0.253 e. The van der Waals surface area contributed by atoms with E-state index >= 15 is 0 Å². The lowest BCUT2D eigenvalue weighted by Crippen LogP contribution is -2.51. The van der Waals surface area contributed by atoms with Crippen LogP contribution in [-0.2, 0) is 14.8 Å². The number of hydrogen-bond donors (Lipinski definition) is 1. The number of fused-ring (bicyclic) bond motifs is 1. The summed E-state index contributed by atoms with van der Waals surface area (Å²) in [5, 5.41) is 4.94. The number of amides is 2. The molecule has 0 spiro atoms. The van der Waals surface area contributed by atoms with E-state index in [1.165, 1.54) is 9.21 Å². The van der Waals surface area contributed by atoms with Gasteiger partial charge in [-0.15, -0.1) is 0 Å². The van der Waals surface area contributed by atoms with Crippen molar-refractivity contribution in [1.29, 1.82) is 0 Å². The number of carbonyl (C=O) groups is 2. The van der Waals surface area contributed by atoms with E-state index in [-0.39, 0.29) is 36.3 Å². The van der Waals surface area contributed by atoms with Crippen molar-refractivity contribution in [1.82, 2.24) is 14.1 Å². The Balaban J connectivity index is 1.32. The van der Waals surface area contributed by atoms with Crippen LogP contribution in [0.4, 0.5) is 5.69 Å². The molecule has 9 heteroatoms. The predicted molar refractivity (Wildman–Crippen MR) is 132 cm³/mol. The molecule has 0 unspecified atom stereocenters. The lowest BCUT2D eigenvalue weighted by atomic mass is 10.1. The van der Waals surface area contributed by atoms with Gasteiger partial charge in [0.1, 0.15) is 0 Å². The van der Waals surface area contributed by atoms with Crippen LogP contribution in [0.1, 0.15) is 10.4 Å². The number of hydrogen-bond acceptors (Lipinski definition) is 5. The Morgan fingerprint density at radius 2 is 1.53 bits per heavy atom. The molecule has 3 aromatic rings. The van der Waals surface area contributed by atoms with Crippen LogP contribution in [0.25, 0.3) is 10.8 Å². The molecule has 1 aliphatic heterocycles. The summed E-state index contributed by atoms with van der Waals surface area (Å²) in [7, 11) is -0.238. The van der Waals surface area contributed by atoms with E-state index in [0.717, 1.165) is 16.5 Å². The van der Waals surface area contributed by atoms with E-state index in [4.69, 9.17) is 0 Å². The van der Waals surface area contributed by atoms with E-state index in [1.54, 1.807) is 55.4 Å². The van der Waals surface area contributed by atoms with Crippen molar-refractivity contribution >= 4 is 38.3 Å². The minimum absolute atomic E-state index is 0.0841. The highest BCUT2D eigenvalue weighted by Crippen LogP contribution is 2.23. The van der Waals surface area contributed by atoms with Gasteiger partial charge in [-0.25, -0.2) is 8.42 Å². The zero-order chi connectivity index (χ0) is 24.3. The van der Waals surface area contributed by atoms with Gasteiger partial charge in [-0.1, -0.05) is 30.3 Å². The molecule has 178 valence electrons. The molecule has 1 aliphatic rings. The fraction of sp³-hybridized carbons (Fsp3) is 0.280. The van der Waals surface area contributed by atoms with Gasteiger partial charge in [-0.05, 0) is 47.2 Å². The summed E-state index contributed by atoms with van der Waals surface area (Å²) < 4.78 is 27.7. The monoisotopic (exact) mass is 480 g/mol. The molecule has 1 saturated heterocycles. The van der Waals surface area contributed by atoms with Crippen LogP contribution in [0.2, 0.25) is 0 Å². The Morgan fingerprint density at radius 3 is 2.18 bits per heavy atom. The van der Waals surface area contributed by atoms with Crippen LogP contribution in [0.3, 0.4) is 0 Å². The molecule has 2 amide bonds. The fourth-order valence-electron chi connectivity index (χ4n) is 3.93. The zero-order valence-corrected chi connectivity index (χ0v) is 20.1. The number of sulfonamides is 1. The predicted octanol–water partition coefficient (Wildman–Crippen LogP) is 2.49. The third kappa shape index (κ3) is 5.05. The molecule has 0 bridgehead atoms. The summed E-state index contributed by atoms with van der Waals surface area (Å²) >= 11 is 0. The van der Waals surface area contributed by atoms with Crippen molar-refractivity contribution in [2.45, 2.75) is 4.90 Å². The minimum Gasteiger partial charge on any atom is -0.376 e. The Labute approximate surface area is 199 Å². The standard InChI is InChI=1S/C25H28N4O4S/c1-27(2)25(31)20-7-10-22(11-8-20)26-18-24(30)28-13-15-29(16-14-28)34(32,33)23-12-9-19-5-3-4-6-21(19)17-23/h3-12,17,26H,13-16,18H2,1-2H3. The normalized spacial score (nSPS) is 14.7. The van der Waals surface area contributed by atoms with Gasteiger partial charge >= 0.3 is 0 Å². The molecule has 4 rings (SSSR count). The van der Waals surface area contributed by atoms with Gasteiger partial charge in [0, 0.05) is 51.5 Å². The van der Waals surface area contributed by atoms with E-state index in [9.17, 15) is 18.0 Å². The van der Waals surface area contributed by atoms with Crippen molar-refractivity contribution in [3.63, 3.8) is 0 Å². The van der Waals surface area contributed by atoms with Crippen LogP contribution in [-0.4, -0.2) is 81.2 Å². The zero-order valence-electron chi connectivity index (χ0n) is 19.3. The van der Waals surface area contributed by atoms with Gasteiger partial charge in [-0.3, -0.25) is 9.59 Å². The number of carbonyl (C=O) groups excluding carboxylic acids is 2. The molecule has 0 aromatic heterocycles. The van der Waals surface area contributed by atoms with Crippen molar-refractivity contribution in [2.75, 3.05) is 52.1 Å². The molecule has 1 heterocycles. The molecule has 8 nitrogen and oxygen atoms in total. The number of piperazine rings is 1. The van der Waals surface area contributed by atoms with Gasteiger partial charge in [0.25, 0.3) is 5.91 Å². The Kier molecular flexibility index (Phi) is 6.85. The summed E-state index contributed by atoms with van der Waals surface area (Å²) in [6, 6.07) is 19.7. The highest BCUT2D eigenvalue weighted by Gasteiger charge is 2.30. The molecule has 3 aromatic carbocycles. The molecule has 0 aliphatic carbocycles. The first-order valence-electron chi connectivity index (χ1n) is 11.1. The first-order valence-corrected chi connectivity index (χ1v) is 12.5.